The molecule has 1 fully saturated rings. The molecule has 128 valence electrons. The molecule has 0 radical (unpaired) electrons. The van der Waals surface area contributed by atoms with Crippen LogP contribution < -0.4 is 4.90 Å². The highest BCUT2D eigenvalue weighted by molar-refractivity contribution is 6.31. The monoisotopic (exact) mass is 354 g/mol. The zero-order chi connectivity index (χ0) is 17.6. The Balaban J connectivity index is 1.86. The van der Waals surface area contributed by atoms with Crippen LogP contribution in [-0.4, -0.2) is 12.1 Å². The minimum absolute atomic E-state index is 0.0360. The third-order valence-corrected chi connectivity index (χ3v) is 4.67. The molecule has 3 rings (SSSR count). The quantitative estimate of drug-likeness (QED) is 0.748. The van der Waals surface area contributed by atoms with Gasteiger partial charge in [-0.25, -0.2) is 4.79 Å². The summed E-state index contributed by atoms with van der Waals surface area (Å²) < 4.78 is 5.53. The number of amides is 1. The lowest BCUT2D eigenvalue weighted by Gasteiger charge is -2.29. The second-order valence-corrected chi connectivity index (χ2v) is 6.56. The maximum Gasteiger partial charge on any atom is 0.414 e. The van der Waals surface area contributed by atoms with Gasteiger partial charge in [-0.05, 0) is 36.6 Å². The molecule has 0 aromatic heterocycles. The van der Waals surface area contributed by atoms with E-state index in [2.05, 4.69) is 6.07 Å². The summed E-state index contributed by atoms with van der Waals surface area (Å²) in [4.78, 5) is 14.4. The number of rotatable bonds is 4. The fraction of sp³-hybridized carbons (Fsp3) is 0.300. The topological polar surface area (TPSA) is 53.3 Å². The number of halogens is 1. The molecule has 1 aliphatic rings. The maximum absolute atomic E-state index is 12.8. The lowest BCUT2D eigenvalue weighted by atomic mass is 10.1. The molecular formula is C20H19ClN2O2. The number of hydrogen-bond acceptors (Lipinski definition) is 3. The molecule has 1 amide bonds. The lowest BCUT2D eigenvalue weighted by molar-refractivity contribution is 0.144. The van der Waals surface area contributed by atoms with Gasteiger partial charge in [0.2, 0.25) is 0 Å². The largest absolute Gasteiger partial charge is 0.444 e. The number of benzene rings is 2. The first-order valence-corrected chi connectivity index (χ1v) is 8.76. The molecular weight excluding hydrogens is 336 g/mol. The fourth-order valence-corrected chi connectivity index (χ4v) is 3.36. The molecule has 0 heterocycles. The zero-order valence-electron chi connectivity index (χ0n) is 13.8. The standard InChI is InChI=1S/C20H19ClN2O2/c21-17-11-10-16(13-22)19(12-17)23(18-8-4-5-9-18)20(24)25-14-15-6-2-1-3-7-15/h1-3,6-7,10-12,18H,4-5,8-9,14H2. The third-order valence-electron chi connectivity index (χ3n) is 4.43. The van der Waals surface area contributed by atoms with Crippen molar-refractivity contribution in [1.82, 2.24) is 0 Å². The summed E-state index contributed by atoms with van der Waals surface area (Å²) in [5.41, 5.74) is 1.88. The van der Waals surface area contributed by atoms with E-state index in [4.69, 9.17) is 16.3 Å². The molecule has 2 aromatic rings. The van der Waals surface area contributed by atoms with Crippen molar-refractivity contribution in [3.05, 3.63) is 64.7 Å². The van der Waals surface area contributed by atoms with Gasteiger partial charge in [0.1, 0.15) is 12.7 Å². The van der Waals surface area contributed by atoms with E-state index >= 15 is 0 Å². The van der Waals surface area contributed by atoms with Crippen LogP contribution in [0.25, 0.3) is 0 Å². The molecule has 0 unspecified atom stereocenters. The Labute approximate surface area is 152 Å². The van der Waals surface area contributed by atoms with E-state index in [-0.39, 0.29) is 12.6 Å². The van der Waals surface area contributed by atoms with Crippen LogP contribution in [0.2, 0.25) is 5.02 Å². The first-order valence-electron chi connectivity index (χ1n) is 8.38. The van der Waals surface area contributed by atoms with Gasteiger partial charge in [0.15, 0.2) is 0 Å². The molecule has 25 heavy (non-hydrogen) atoms. The number of anilines is 1. The van der Waals surface area contributed by atoms with Gasteiger partial charge in [0.25, 0.3) is 0 Å². The summed E-state index contributed by atoms with van der Waals surface area (Å²) in [6, 6.07) is 16.7. The first-order chi connectivity index (χ1) is 12.2. The van der Waals surface area contributed by atoms with E-state index in [1.165, 1.54) is 0 Å². The van der Waals surface area contributed by atoms with Crippen molar-refractivity contribution < 1.29 is 9.53 Å². The number of nitrogens with zero attached hydrogens (tertiary/aromatic N) is 2. The highest BCUT2D eigenvalue weighted by Crippen LogP contribution is 2.33. The van der Waals surface area contributed by atoms with Crippen LogP contribution in [0.1, 0.15) is 36.8 Å². The highest BCUT2D eigenvalue weighted by atomic mass is 35.5. The Morgan fingerprint density at radius 2 is 1.92 bits per heavy atom. The number of carbonyl (C=O) groups excluding carboxylic acids is 1. The number of carbonyl (C=O) groups is 1. The van der Waals surface area contributed by atoms with Gasteiger partial charge in [-0.2, -0.15) is 5.26 Å². The van der Waals surface area contributed by atoms with Crippen LogP contribution in [0.3, 0.4) is 0 Å². The van der Waals surface area contributed by atoms with Crippen molar-refractivity contribution in [2.24, 2.45) is 0 Å². The van der Waals surface area contributed by atoms with Gasteiger partial charge >= 0.3 is 6.09 Å². The second kappa shape index (κ2) is 8.04. The zero-order valence-corrected chi connectivity index (χ0v) is 14.6. The summed E-state index contributed by atoms with van der Waals surface area (Å²) in [7, 11) is 0. The molecule has 5 heteroatoms. The molecule has 0 spiro atoms. The molecule has 4 nitrogen and oxygen atoms in total. The van der Waals surface area contributed by atoms with E-state index in [9.17, 15) is 10.1 Å². The van der Waals surface area contributed by atoms with E-state index in [1.54, 1.807) is 23.1 Å². The van der Waals surface area contributed by atoms with Crippen molar-refractivity contribution in [2.75, 3.05) is 4.90 Å². The van der Waals surface area contributed by atoms with Gasteiger partial charge in [-0.15, -0.1) is 0 Å². The van der Waals surface area contributed by atoms with Gasteiger partial charge < -0.3 is 4.74 Å². The molecule has 0 saturated heterocycles. The average Bonchev–Trinajstić information content (AvgIpc) is 3.15. The predicted molar refractivity (Wildman–Crippen MR) is 97.5 cm³/mol. The Bertz CT molecular complexity index is 780. The number of ether oxygens (including phenoxy) is 1. The van der Waals surface area contributed by atoms with Crippen LogP contribution in [0.5, 0.6) is 0 Å². The normalized spacial score (nSPS) is 14.1. The second-order valence-electron chi connectivity index (χ2n) is 6.12. The molecule has 0 N–H and O–H groups in total. The summed E-state index contributed by atoms with van der Waals surface area (Å²) in [6.45, 7) is 0.200. The summed E-state index contributed by atoms with van der Waals surface area (Å²) in [5, 5.41) is 9.91. The lowest BCUT2D eigenvalue weighted by Crippen LogP contribution is -2.39. The summed E-state index contributed by atoms with van der Waals surface area (Å²) in [6.07, 6.45) is 3.50. The van der Waals surface area contributed by atoms with Crippen LogP contribution in [0, 0.1) is 11.3 Å². The van der Waals surface area contributed by atoms with Crippen molar-refractivity contribution in [3.8, 4) is 6.07 Å². The van der Waals surface area contributed by atoms with Gasteiger partial charge in [-0.3, -0.25) is 4.90 Å². The van der Waals surface area contributed by atoms with Gasteiger partial charge in [0.05, 0.1) is 11.3 Å². The predicted octanol–water partition coefficient (Wildman–Crippen LogP) is 5.30. The Morgan fingerprint density at radius 1 is 1.20 bits per heavy atom. The maximum atomic E-state index is 12.8. The van der Waals surface area contributed by atoms with Crippen LogP contribution >= 0.6 is 11.6 Å². The molecule has 2 aromatic carbocycles. The van der Waals surface area contributed by atoms with Gasteiger partial charge in [-0.1, -0.05) is 54.8 Å². The van der Waals surface area contributed by atoms with E-state index in [1.807, 2.05) is 30.3 Å². The van der Waals surface area contributed by atoms with Gasteiger partial charge in [0, 0.05) is 11.1 Å². The summed E-state index contributed by atoms with van der Waals surface area (Å²) in [5.74, 6) is 0. The Morgan fingerprint density at radius 3 is 2.60 bits per heavy atom. The first kappa shape index (κ1) is 17.3. The molecule has 0 aliphatic heterocycles. The Hall–Kier alpha value is -2.51. The van der Waals surface area contributed by atoms with Crippen LogP contribution in [-0.2, 0) is 11.3 Å². The fourth-order valence-electron chi connectivity index (χ4n) is 3.19. The molecule has 1 aliphatic carbocycles. The van der Waals surface area contributed by atoms with Crippen LogP contribution in [0.15, 0.2) is 48.5 Å². The summed E-state index contributed by atoms with van der Waals surface area (Å²) >= 11 is 6.11. The third kappa shape index (κ3) is 4.12. The van der Waals surface area contributed by atoms with Crippen LogP contribution in [0.4, 0.5) is 10.5 Å². The number of nitriles is 1. The van der Waals surface area contributed by atoms with Crippen molar-refractivity contribution in [2.45, 2.75) is 38.3 Å². The van der Waals surface area contributed by atoms with Crippen molar-refractivity contribution in [1.29, 1.82) is 5.26 Å². The van der Waals surface area contributed by atoms with E-state index in [0.717, 1.165) is 31.2 Å². The molecule has 0 bridgehead atoms. The molecule has 1 saturated carbocycles. The molecule has 0 atom stereocenters. The number of hydrogen-bond donors (Lipinski definition) is 0. The minimum atomic E-state index is -0.436. The van der Waals surface area contributed by atoms with Crippen molar-refractivity contribution >= 4 is 23.4 Å². The highest BCUT2D eigenvalue weighted by Gasteiger charge is 2.31. The average molecular weight is 355 g/mol. The van der Waals surface area contributed by atoms with E-state index in [0.29, 0.717) is 16.3 Å². The Kier molecular flexibility index (Phi) is 5.57. The minimum Gasteiger partial charge on any atom is -0.444 e. The van der Waals surface area contributed by atoms with Crippen molar-refractivity contribution in [3.63, 3.8) is 0 Å². The SMILES string of the molecule is N#Cc1ccc(Cl)cc1N(C(=O)OCc1ccccc1)C1CCCC1. The smallest absolute Gasteiger partial charge is 0.414 e. The van der Waals surface area contributed by atoms with E-state index < -0.39 is 6.09 Å².